The lowest BCUT2D eigenvalue weighted by molar-refractivity contribution is 0.808. The largest absolute Gasteiger partial charge is 0.297 e. The van der Waals surface area contributed by atoms with Crippen LogP contribution >= 0.6 is 0 Å². The summed E-state index contributed by atoms with van der Waals surface area (Å²) >= 11 is 0. The van der Waals surface area contributed by atoms with Crippen LogP contribution in [0.4, 0.5) is 0 Å². The van der Waals surface area contributed by atoms with E-state index in [1.807, 2.05) is 12.4 Å². The van der Waals surface area contributed by atoms with Gasteiger partial charge in [-0.3, -0.25) is 15.0 Å². The SMILES string of the molecule is CCCCN=CCc1cccc(CC=NCCCC)n1. The minimum Gasteiger partial charge on any atom is -0.297 e. The summed E-state index contributed by atoms with van der Waals surface area (Å²) < 4.78 is 0. The lowest BCUT2D eigenvalue weighted by Gasteiger charge is -2.00. The van der Waals surface area contributed by atoms with Gasteiger partial charge in [0, 0.05) is 49.7 Å². The molecule has 3 nitrogen and oxygen atoms in total. The molecule has 0 saturated heterocycles. The van der Waals surface area contributed by atoms with Crippen molar-refractivity contribution in [2.45, 2.75) is 52.4 Å². The van der Waals surface area contributed by atoms with Crippen molar-refractivity contribution < 1.29 is 0 Å². The van der Waals surface area contributed by atoms with Crippen LogP contribution in [0.2, 0.25) is 0 Å². The van der Waals surface area contributed by atoms with E-state index in [1.165, 1.54) is 12.8 Å². The van der Waals surface area contributed by atoms with Crippen LogP contribution in [-0.2, 0) is 12.8 Å². The number of aliphatic imine (C=N–C) groups is 2. The number of hydrogen-bond acceptors (Lipinski definition) is 3. The summed E-state index contributed by atoms with van der Waals surface area (Å²) in [6.45, 7) is 6.23. The van der Waals surface area contributed by atoms with Crippen molar-refractivity contribution >= 4 is 12.4 Å². The summed E-state index contributed by atoms with van der Waals surface area (Å²) in [5, 5.41) is 0. The summed E-state index contributed by atoms with van der Waals surface area (Å²) in [7, 11) is 0. The Balaban J connectivity index is 2.37. The molecule has 20 heavy (non-hydrogen) atoms. The van der Waals surface area contributed by atoms with Crippen molar-refractivity contribution in [2.75, 3.05) is 13.1 Å². The molecule has 0 aromatic carbocycles. The summed E-state index contributed by atoms with van der Waals surface area (Å²) in [6.07, 6.45) is 10.3. The maximum atomic E-state index is 4.63. The Bertz CT molecular complexity index is 375. The van der Waals surface area contributed by atoms with Gasteiger partial charge < -0.3 is 0 Å². The van der Waals surface area contributed by atoms with Crippen molar-refractivity contribution in [1.29, 1.82) is 0 Å². The molecule has 1 rings (SSSR count). The van der Waals surface area contributed by atoms with Crippen LogP contribution in [0.5, 0.6) is 0 Å². The molecule has 0 saturated carbocycles. The highest BCUT2D eigenvalue weighted by atomic mass is 14.7. The maximum Gasteiger partial charge on any atom is 0.0460 e. The lowest BCUT2D eigenvalue weighted by atomic mass is 10.2. The van der Waals surface area contributed by atoms with Crippen molar-refractivity contribution in [3.05, 3.63) is 29.6 Å². The van der Waals surface area contributed by atoms with Gasteiger partial charge in [-0.25, -0.2) is 0 Å². The van der Waals surface area contributed by atoms with Crippen LogP contribution in [0.25, 0.3) is 0 Å². The number of pyridine rings is 1. The van der Waals surface area contributed by atoms with Crippen LogP contribution in [0, 0.1) is 0 Å². The minimum absolute atomic E-state index is 0.824. The first-order valence-corrected chi connectivity index (χ1v) is 7.78. The molecule has 0 aliphatic heterocycles. The highest BCUT2D eigenvalue weighted by Gasteiger charge is 1.95. The first-order valence-electron chi connectivity index (χ1n) is 7.78. The van der Waals surface area contributed by atoms with E-state index < -0.39 is 0 Å². The van der Waals surface area contributed by atoms with E-state index in [1.54, 1.807) is 0 Å². The molecular formula is C17H27N3. The third-order valence-electron chi connectivity index (χ3n) is 3.01. The predicted molar refractivity (Wildman–Crippen MR) is 88.2 cm³/mol. The number of unbranched alkanes of at least 4 members (excludes halogenated alkanes) is 2. The number of hydrogen-bond donors (Lipinski definition) is 0. The van der Waals surface area contributed by atoms with Crippen LogP contribution in [0.15, 0.2) is 28.2 Å². The molecule has 0 aliphatic carbocycles. The van der Waals surface area contributed by atoms with Crippen LogP contribution in [-0.4, -0.2) is 30.5 Å². The van der Waals surface area contributed by atoms with Crippen molar-refractivity contribution in [1.82, 2.24) is 4.98 Å². The van der Waals surface area contributed by atoms with Gasteiger partial charge in [0.1, 0.15) is 0 Å². The third-order valence-corrected chi connectivity index (χ3v) is 3.01. The van der Waals surface area contributed by atoms with Gasteiger partial charge in [-0.1, -0.05) is 32.8 Å². The second-order valence-corrected chi connectivity index (χ2v) is 4.91. The van der Waals surface area contributed by atoms with Gasteiger partial charge in [-0.15, -0.1) is 0 Å². The lowest BCUT2D eigenvalue weighted by Crippen LogP contribution is -1.98. The molecule has 1 heterocycles. The molecular weight excluding hydrogens is 246 g/mol. The third kappa shape index (κ3) is 7.82. The first kappa shape index (κ1) is 16.5. The van der Waals surface area contributed by atoms with Crippen LogP contribution in [0.3, 0.4) is 0 Å². The topological polar surface area (TPSA) is 37.6 Å². The van der Waals surface area contributed by atoms with Gasteiger partial charge >= 0.3 is 0 Å². The molecule has 1 aromatic rings. The van der Waals surface area contributed by atoms with E-state index in [4.69, 9.17) is 0 Å². The molecule has 3 heteroatoms. The van der Waals surface area contributed by atoms with E-state index >= 15 is 0 Å². The second kappa shape index (κ2) is 11.3. The summed E-state index contributed by atoms with van der Waals surface area (Å²) in [5.74, 6) is 0. The normalized spacial score (nSPS) is 11.7. The Hall–Kier alpha value is -1.51. The smallest absolute Gasteiger partial charge is 0.0460 e. The molecule has 0 N–H and O–H groups in total. The number of rotatable bonds is 10. The van der Waals surface area contributed by atoms with Crippen LogP contribution in [0.1, 0.15) is 50.9 Å². The molecule has 0 unspecified atom stereocenters. The zero-order valence-corrected chi connectivity index (χ0v) is 12.9. The quantitative estimate of drug-likeness (QED) is 0.470. The Labute approximate surface area is 123 Å². The van der Waals surface area contributed by atoms with E-state index in [9.17, 15) is 0 Å². The zero-order valence-electron chi connectivity index (χ0n) is 12.9. The van der Waals surface area contributed by atoms with E-state index in [0.29, 0.717) is 0 Å². The fourth-order valence-corrected chi connectivity index (χ4v) is 1.75. The van der Waals surface area contributed by atoms with Gasteiger partial charge in [0.2, 0.25) is 0 Å². The van der Waals surface area contributed by atoms with Gasteiger partial charge in [0.25, 0.3) is 0 Å². The highest BCUT2D eigenvalue weighted by Crippen LogP contribution is 2.00. The van der Waals surface area contributed by atoms with Crippen molar-refractivity contribution in [3.63, 3.8) is 0 Å². The van der Waals surface area contributed by atoms with E-state index in [2.05, 4.69) is 47.0 Å². The van der Waals surface area contributed by atoms with Crippen molar-refractivity contribution in [3.8, 4) is 0 Å². The van der Waals surface area contributed by atoms with Crippen LogP contribution < -0.4 is 0 Å². The first-order chi connectivity index (χ1) is 9.86. The highest BCUT2D eigenvalue weighted by molar-refractivity contribution is 5.62. The van der Waals surface area contributed by atoms with Gasteiger partial charge in [0.05, 0.1) is 0 Å². The Morgan fingerprint density at radius 2 is 1.40 bits per heavy atom. The Morgan fingerprint density at radius 3 is 1.85 bits per heavy atom. The molecule has 0 aliphatic rings. The standard InChI is InChI=1S/C17H27N3/c1-3-5-12-18-14-10-16-8-7-9-17(20-16)11-15-19-13-6-4-2/h7-9,14-15H,3-6,10-13H2,1-2H3. The average molecular weight is 273 g/mol. The molecule has 110 valence electrons. The maximum absolute atomic E-state index is 4.63. The molecule has 0 atom stereocenters. The van der Waals surface area contributed by atoms with Gasteiger partial charge in [0.15, 0.2) is 0 Å². The van der Waals surface area contributed by atoms with Crippen molar-refractivity contribution in [2.24, 2.45) is 9.98 Å². The summed E-state index contributed by atoms with van der Waals surface area (Å²) in [5.41, 5.74) is 2.18. The van der Waals surface area contributed by atoms with Gasteiger partial charge in [-0.05, 0) is 25.0 Å². The molecule has 1 aromatic heterocycles. The average Bonchev–Trinajstić information content (AvgIpc) is 2.47. The molecule has 0 fully saturated rings. The molecule has 0 spiro atoms. The van der Waals surface area contributed by atoms with E-state index in [-0.39, 0.29) is 0 Å². The zero-order chi connectivity index (χ0) is 14.5. The van der Waals surface area contributed by atoms with E-state index in [0.717, 1.165) is 50.2 Å². The molecule has 0 amide bonds. The predicted octanol–water partition coefficient (Wildman–Crippen LogP) is 3.91. The fraction of sp³-hybridized carbons (Fsp3) is 0.588. The number of nitrogens with zero attached hydrogens (tertiary/aromatic N) is 3. The molecule has 0 radical (unpaired) electrons. The van der Waals surface area contributed by atoms with Gasteiger partial charge in [-0.2, -0.15) is 0 Å². The second-order valence-electron chi connectivity index (χ2n) is 4.91. The Kier molecular flexibility index (Phi) is 9.37. The molecule has 0 bridgehead atoms. The Morgan fingerprint density at radius 1 is 0.900 bits per heavy atom. The fourth-order valence-electron chi connectivity index (χ4n) is 1.75. The summed E-state index contributed by atoms with van der Waals surface area (Å²) in [6, 6.07) is 6.19. The monoisotopic (exact) mass is 273 g/mol. The minimum atomic E-state index is 0.824. The number of aromatic nitrogens is 1. The summed E-state index contributed by atoms with van der Waals surface area (Å²) in [4.78, 5) is 13.4.